The van der Waals surface area contributed by atoms with Crippen molar-refractivity contribution in [1.82, 2.24) is 4.90 Å². The zero-order valence-corrected chi connectivity index (χ0v) is 19.2. The molecule has 0 atom stereocenters. The molecular formula is C26H25N3O2S. The number of hydrogen-bond donors (Lipinski definition) is 0. The molecule has 5 nitrogen and oxygen atoms in total. The Kier molecular flexibility index (Phi) is 6.42. The summed E-state index contributed by atoms with van der Waals surface area (Å²) in [6.07, 6.45) is 5.17. The Labute approximate surface area is 192 Å². The molecule has 0 bridgehead atoms. The number of benzene rings is 2. The van der Waals surface area contributed by atoms with Crippen LogP contribution in [-0.4, -0.2) is 22.2 Å². The van der Waals surface area contributed by atoms with Crippen LogP contribution in [0.2, 0.25) is 0 Å². The zero-order valence-electron chi connectivity index (χ0n) is 18.4. The number of furan rings is 1. The molecule has 0 N–H and O–H groups in total. The lowest BCUT2D eigenvalue weighted by atomic mass is 9.87. The number of carbonyl (C=O) groups is 1. The number of amides is 1. The molecule has 0 aliphatic carbocycles. The minimum absolute atomic E-state index is 0.102. The maximum Gasteiger partial charge on any atom is 0.267 e. The van der Waals surface area contributed by atoms with E-state index in [-0.39, 0.29) is 11.3 Å². The fourth-order valence-electron chi connectivity index (χ4n) is 3.20. The Bertz CT molecular complexity index is 1160. The minimum atomic E-state index is -0.112. The fraction of sp³-hybridized carbons (Fsp3) is 0.192. The Morgan fingerprint density at radius 1 is 0.969 bits per heavy atom. The van der Waals surface area contributed by atoms with E-state index in [0.717, 1.165) is 11.1 Å². The van der Waals surface area contributed by atoms with E-state index in [1.54, 1.807) is 23.4 Å². The van der Waals surface area contributed by atoms with Gasteiger partial charge in [-0.2, -0.15) is 5.10 Å². The molecule has 1 saturated heterocycles. The van der Waals surface area contributed by atoms with Crippen molar-refractivity contribution in [2.24, 2.45) is 10.2 Å². The van der Waals surface area contributed by atoms with Gasteiger partial charge in [0.1, 0.15) is 5.76 Å². The number of nitrogens with zero attached hydrogens (tertiary/aromatic N) is 3. The molecule has 1 amide bonds. The van der Waals surface area contributed by atoms with Crippen molar-refractivity contribution in [2.75, 3.05) is 0 Å². The van der Waals surface area contributed by atoms with Crippen molar-refractivity contribution >= 4 is 35.1 Å². The molecule has 3 aromatic rings. The summed E-state index contributed by atoms with van der Waals surface area (Å²) in [6, 6.07) is 21.7. The van der Waals surface area contributed by atoms with Crippen molar-refractivity contribution in [3.05, 3.63) is 100 Å². The SMILES string of the molecule is CC(C)(C)c1ccc(/C=N/N=C2\S/C(=C\c3ccccc3)C(=O)N2Cc2ccco2)cc1. The maximum atomic E-state index is 13.1. The molecule has 2 aromatic carbocycles. The Morgan fingerprint density at radius 2 is 1.72 bits per heavy atom. The predicted molar refractivity (Wildman–Crippen MR) is 131 cm³/mol. The summed E-state index contributed by atoms with van der Waals surface area (Å²) in [5, 5.41) is 9.15. The Balaban J connectivity index is 1.57. The molecule has 0 unspecified atom stereocenters. The zero-order chi connectivity index (χ0) is 22.6. The molecule has 0 radical (unpaired) electrons. The number of thioether (sulfide) groups is 1. The van der Waals surface area contributed by atoms with E-state index < -0.39 is 0 Å². The first-order chi connectivity index (χ1) is 15.4. The van der Waals surface area contributed by atoms with Crippen LogP contribution in [0.4, 0.5) is 0 Å². The molecule has 1 aliphatic rings. The first kappa shape index (κ1) is 21.8. The first-order valence-corrected chi connectivity index (χ1v) is 11.2. The standard InChI is InChI=1S/C26H25N3O2S/c1-26(2,3)21-13-11-20(12-14-21)17-27-28-25-29(18-22-10-7-15-31-22)24(30)23(32-25)16-19-8-5-4-6-9-19/h4-17H,18H2,1-3H3/b23-16-,27-17+,28-25-. The van der Waals surface area contributed by atoms with E-state index in [1.807, 2.05) is 54.6 Å². The van der Waals surface area contributed by atoms with Gasteiger partial charge in [0.05, 0.1) is 23.9 Å². The molecule has 32 heavy (non-hydrogen) atoms. The molecule has 4 rings (SSSR count). The van der Waals surface area contributed by atoms with E-state index >= 15 is 0 Å². The second-order valence-electron chi connectivity index (χ2n) is 8.49. The molecular weight excluding hydrogens is 418 g/mol. The quantitative estimate of drug-likeness (QED) is 0.273. The third-order valence-electron chi connectivity index (χ3n) is 5.01. The van der Waals surface area contributed by atoms with Gasteiger partial charge in [-0.25, -0.2) is 0 Å². The second kappa shape index (κ2) is 9.40. The van der Waals surface area contributed by atoms with Crippen LogP contribution in [0.3, 0.4) is 0 Å². The van der Waals surface area contributed by atoms with Gasteiger partial charge in [-0.15, -0.1) is 5.10 Å². The number of rotatable bonds is 5. The van der Waals surface area contributed by atoms with Crippen molar-refractivity contribution in [1.29, 1.82) is 0 Å². The summed E-state index contributed by atoms with van der Waals surface area (Å²) in [5.41, 5.74) is 3.28. The van der Waals surface area contributed by atoms with Crippen LogP contribution in [0, 0.1) is 0 Å². The van der Waals surface area contributed by atoms with Gasteiger partial charge in [0.25, 0.3) is 5.91 Å². The molecule has 1 fully saturated rings. The molecule has 0 spiro atoms. The maximum absolute atomic E-state index is 13.1. The highest BCUT2D eigenvalue weighted by Gasteiger charge is 2.34. The van der Waals surface area contributed by atoms with Crippen LogP contribution in [0.25, 0.3) is 6.08 Å². The molecule has 1 aromatic heterocycles. The second-order valence-corrected chi connectivity index (χ2v) is 9.50. The number of carbonyl (C=O) groups excluding carboxylic acids is 1. The molecule has 1 aliphatic heterocycles. The molecule has 162 valence electrons. The number of hydrogen-bond acceptors (Lipinski definition) is 5. The lowest BCUT2D eigenvalue weighted by molar-refractivity contribution is -0.122. The monoisotopic (exact) mass is 443 g/mol. The van der Waals surface area contributed by atoms with E-state index in [9.17, 15) is 4.79 Å². The molecule has 2 heterocycles. The van der Waals surface area contributed by atoms with Gasteiger partial charge in [0.15, 0.2) is 5.17 Å². The Morgan fingerprint density at radius 3 is 2.38 bits per heavy atom. The summed E-state index contributed by atoms with van der Waals surface area (Å²) in [4.78, 5) is 15.3. The van der Waals surface area contributed by atoms with Crippen LogP contribution in [0.15, 0.2) is 92.5 Å². The largest absolute Gasteiger partial charge is 0.467 e. The van der Waals surface area contributed by atoms with Gasteiger partial charge in [-0.3, -0.25) is 9.69 Å². The van der Waals surface area contributed by atoms with Gasteiger partial charge >= 0.3 is 0 Å². The summed E-state index contributed by atoms with van der Waals surface area (Å²) in [7, 11) is 0. The third-order valence-corrected chi connectivity index (χ3v) is 6.00. The lowest BCUT2D eigenvalue weighted by Crippen LogP contribution is -2.28. The highest BCUT2D eigenvalue weighted by molar-refractivity contribution is 8.18. The van der Waals surface area contributed by atoms with Gasteiger partial charge in [0, 0.05) is 0 Å². The fourth-order valence-corrected chi connectivity index (χ4v) is 4.13. The topological polar surface area (TPSA) is 58.2 Å². The van der Waals surface area contributed by atoms with E-state index in [4.69, 9.17) is 4.42 Å². The van der Waals surface area contributed by atoms with E-state index in [0.29, 0.717) is 22.4 Å². The highest BCUT2D eigenvalue weighted by Crippen LogP contribution is 2.33. The van der Waals surface area contributed by atoms with Gasteiger partial charge < -0.3 is 4.42 Å². The summed E-state index contributed by atoms with van der Waals surface area (Å²) < 4.78 is 5.44. The van der Waals surface area contributed by atoms with Crippen LogP contribution < -0.4 is 0 Å². The number of amidine groups is 1. The van der Waals surface area contributed by atoms with Gasteiger partial charge in [-0.05, 0) is 52.1 Å². The normalized spacial score (nSPS) is 17.2. The van der Waals surface area contributed by atoms with Gasteiger partial charge in [0.2, 0.25) is 0 Å². The van der Waals surface area contributed by atoms with Crippen molar-refractivity contribution < 1.29 is 9.21 Å². The first-order valence-electron chi connectivity index (χ1n) is 10.4. The average Bonchev–Trinajstić information content (AvgIpc) is 3.39. The predicted octanol–water partition coefficient (Wildman–Crippen LogP) is 6.08. The van der Waals surface area contributed by atoms with Crippen LogP contribution >= 0.6 is 11.8 Å². The van der Waals surface area contributed by atoms with Crippen LogP contribution in [0.1, 0.15) is 43.2 Å². The highest BCUT2D eigenvalue weighted by atomic mass is 32.2. The smallest absolute Gasteiger partial charge is 0.267 e. The average molecular weight is 444 g/mol. The van der Waals surface area contributed by atoms with Crippen LogP contribution in [0.5, 0.6) is 0 Å². The summed E-state index contributed by atoms with van der Waals surface area (Å²) >= 11 is 1.32. The van der Waals surface area contributed by atoms with Crippen LogP contribution in [-0.2, 0) is 16.8 Å². The molecule has 0 saturated carbocycles. The lowest BCUT2D eigenvalue weighted by Gasteiger charge is -2.18. The third kappa shape index (κ3) is 5.26. The van der Waals surface area contributed by atoms with Gasteiger partial charge in [-0.1, -0.05) is 75.4 Å². The Hall–Kier alpha value is -3.38. The summed E-state index contributed by atoms with van der Waals surface area (Å²) in [6.45, 7) is 6.86. The van der Waals surface area contributed by atoms with Crippen molar-refractivity contribution in [2.45, 2.75) is 32.7 Å². The van der Waals surface area contributed by atoms with Crippen molar-refractivity contribution in [3.8, 4) is 0 Å². The van der Waals surface area contributed by atoms with E-state index in [2.05, 4.69) is 43.1 Å². The minimum Gasteiger partial charge on any atom is -0.467 e. The summed E-state index contributed by atoms with van der Waals surface area (Å²) in [5.74, 6) is 0.577. The molecule has 6 heteroatoms. The van der Waals surface area contributed by atoms with E-state index in [1.165, 1.54) is 17.3 Å². The van der Waals surface area contributed by atoms with Crippen molar-refractivity contribution in [3.63, 3.8) is 0 Å².